The average Bonchev–Trinajstić information content (AvgIpc) is 3.28. The number of nitrogens with one attached hydrogen (secondary N) is 5. The first-order valence-electron chi connectivity index (χ1n) is 20.2. The molecule has 6 amide bonds. The maximum Gasteiger partial charge on any atom is 0.335 e. The number of hydrogen-bond acceptors (Lipinski definition) is 14. The number of rotatable bonds is 19. The van der Waals surface area contributed by atoms with E-state index in [0.717, 1.165) is 7.11 Å². The number of amides is 6. The highest BCUT2D eigenvalue weighted by molar-refractivity contribution is 6.10. The minimum Gasteiger partial charge on any atom is -0.504 e. The summed E-state index contributed by atoms with van der Waals surface area (Å²) in [5, 5.41) is 51.7. The van der Waals surface area contributed by atoms with Gasteiger partial charge in [0.15, 0.2) is 17.6 Å². The van der Waals surface area contributed by atoms with Crippen molar-refractivity contribution in [2.45, 2.75) is 52.0 Å². The number of nitrogens with two attached hydrogens (primary N) is 1. The van der Waals surface area contributed by atoms with Crippen LogP contribution in [0.3, 0.4) is 0 Å². The lowest BCUT2D eigenvalue weighted by Gasteiger charge is -2.24. The standard InChI is InChI=1S/C46H47N7O14/c1-23(2)66-35-22-28(46(61)62)12-20-33(35)50-44(59)32-19-21-34(38(37(32)54)67-24(3)4)51-42(57)25-6-15-30(16-7-25)49-45(60)36(39(65-5)40(47)55)52-43(58)26-8-13-29(14-9-26)48-41(56)27-10-17-31(18-11-27)53(63)64/h6-24,36,39,54,63-64H,1-5H3,(H2,47,55)(H,48,56)(H,49,60)(H,50,59)(H,51,57)(H,52,58)(H,61,62). The Kier molecular flexibility index (Phi) is 16.2. The molecule has 0 spiro atoms. The number of carbonyl (C=O) groups is 7. The second-order valence-electron chi connectivity index (χ2n) is 15.0. The van der Waals surface area contributed by atoms with Crippen LogP contribution in [-0.2, 0) is 14.3 Å². The molecule has 0 aliphatic heterocycles. The molecule has 5 aromatic rings. The molecule has 0 aromatic heterocycles. The first kappa shape index (κ1) is 49.5. The van der Waals surface area contributed by atoms with E-state index in [2.05, 4.69) is 26.6 Å². The molecule has 21 nitrogen and oxygen atoms in total. The molecule has 0 aliphatic carbocycles. The molecular formula is C46H47N7O14. The maximum atomic E-state index is 13.6. The number of primary amides is 1. The summed E-state index contributed by atoms with van der Waals surface area (Å²) in [4.78, 5) is 90.4. The van der Waals surface area contributed by atoms with Crippen molar-refractivity contribution in [3.05, 3.63) is 131 Å². The van der Waals surface area contributed by atoms with Crippen LogP contribution in [0, 0.1) is 0 Å². The normalized spacial score (nSPS) is 11.7. The highest BCUT2D eigenvalue weighted by Crippen LogP contribution is 2.39. The molecule has 0 saturated heterocycles. The van der Waals surface area contributed by atoms with E-state index in [4.69, 9.17) is 30.4 Å². The number of methoxy groups -OCH3 is 1. The van der Waals surface area contributed by atoms with Gasteiger partial charge in [0.2, 0.25) is 11.8 Å². The number of ether oxygens (including phenoxy) is 3. The van der Waals surface area contributed by atoms with Crippen LogP contribution in [0.2, 0.25) is 0 Å². The molecule has 0 fully saturated rings. The molecule has 0 saturated carbocycles. The fourth-order valence-corrected chi connectivity index (χ4v) is 6.20. The summed E-state index contributed by atoms with van der Waals surface area (Å²) < 4.78 is 16.7. The summed E-state index contributed by atoms with van der Waals surface area (Å²) in [6.45, 7) is 6.77. The first-order valence-corrected chi connectivity index (χ1v) is 20.2. The molecule has 2 atom stereocenters. The first-order chi connectivity index (χ1) is 31.8. The summed E-state index contributed by atoms with van der Waals surface area (Å²) in [6, 6.07) is 21.1. The number of aromatic hydroxyl groups is 1. The van der Waals surface area contributed by atoms with Crippen molar-refractivity contribution >= 4 is 69.8 Å². The number of carbonyl (C=O) groups excluding carboxylic acids is 6. The Hall–Kier alpha value is -8.53. The number of anilines is 5. The van der Waals surface area contributed by atoms with Crippen molar-refractivity contribution < 1.29 is 68.4 Å². The van der Waals surface area contributed by atoms with Gasteiger partial charge < -0.3 is 56.7 Å². The number of benzene rings is 5. The van der Waals surface area contributed by atoms with E-state index in [1.807, 2.05) is 0 Å². The third-order valence-corrected chi connectivity index (χ3v) is 9.40. The molecule has 0 heterocycles. The van der Waals surface area contributed by atoms with Gasteiger partial charge in [0.1, 0.15) is 11.8 Å². The summed E-state index contributed by atoms with van der Waals surface area (Å²) >= 11 is 0. The Bertz CT molecular complexity index is 2650. The second-order valence-corrected chi connectivity index (χ2v) is 15.0. The third kappa shape index (κ3) is 12.8. The van der Waals surface area contributed by atoms with Gasteiger partial charge in [0.25, 0.3) is 23.6 Å². The summed E-state index contributed by atoms with van der Waals surface area (Å²) in [5.41, 5.74) is 6.11. The number of phenols is 1. The molecule has 0 bridgehead atoms. The van der Waals surface area contributed by atoms with Crippen molar-refractivity contribution in [3.63, 3.8) is 0 Å². The van der Waals surface area contributed by atoms with Crippen LogP contribution in [0.5, 0.6) is 17.2 Å². The molecule has 0 radical (unpaired) electrons. The van der Waals surface area contributed by atoms with E-state index in [0.29, 0.717) is 5.69 Å². The van der Waals surface area contributed by atoms with Crippen molar-refractivity contribution in [1.29, 1.82) is 0 Å². The zero-order valence-corrected chi connectivity index (χ0v) is 36.5. The highest BCUT2D eigenvalue weighted by Gasteiger charge is 2.35. The SMILES string of the molecule is COC(C(N)=O)C(NC(=O)c1ccc(NC(=O)c2ccc(N(O)O)cc2)cc1)C(=O)Nc1ccc(C(=O)Nc2ccc(C(=O)Nc3ccc(C(=O)O)cc3OC(C)C)c(O)c2OC(C)C)cc1. The van der Waals surface area contributed by atoms with Gasteiger partial charge in [0, 0.05) is 35.2 Å². The molecule has 0 aliphatic rings. The zero-order chi connectivity index (χ0) is 49.1. The van der Waals surface area contributed by atoms with Gasteiger partial charge in [-0.3, -0.25) is 39.2 Å². The molecule has 350 valence electrons. The minimum atomic E-state index is -1.65. The van der Waals surface area contributed by atoms with Crippen LogP contribution in [-0.4, -0.2) is 93.5 Å². The quantitative estimate of drug-likeness (QED) is 0.0473. The van der Waals surface area contributed by atoms with Gasteiger partial charge in [-0.25, -0.2) is 4.79 Å². The molecule has 67 heavy (non-hydrogen) atoms. The zero-order valence-electron chi connectivity index (χ0n) is 36.5. The van der Waals surface area contributed by atoms with Gasteiger partial charge in [-0.05, 0) is 131 Å². The Morgan fingerprint density at radius 2 is 1.09 bits per heavy atom. The highest BCUT2D eigenvalue weighted by atomic mass is 16.8. The van der Waals surface area contributed by atoms with E-state index in [-0.39, 0.29) is 73.4 Å². The molecule has 2 unspecified atom stereocenters. The molecule has 11 N–H and O–H groups in total. The van der Waals surface area contributed by atoms with Crippen LogP contribution in [0.25, 0.3) is 0 Å². The van der Waals surface area contributed by atoms with Gasteiger partial charge in [-0.1, -0.05) is 0 Å². The van der Waals surface area contributed by atoms with Crippen LogP contribution in [0.4, 0.5) is 28.4 Å². The lowest BCUT2D eigenvalue weighted by atomic mass is 10.1. The summed E-state index contributed by atoms with van der Waals surface area (Å²) in [5.74, 6) is -6.73. The van der Waals surface area contributed by atoms with Gasteiger partial charge in [-0.2, -0.15) is 0 Å². The van der Waals surface area contributed by atoms with Crippen molar-refractivity contribution in [3.8, 4) is 17.2 Å². The van der Waals surface area contributed by atoms with Crippen LogP contribution in [0.15, 0.2) is 103 Å². The predicted molar refractivity (Wildman–Crippen MR) is 242 cm³/mol. The van der Waals surface area contributed by atoms with Crippen molar-refractivity contribution in [2.24, 2.45) is 5.73 Å². The number of aromatic carboxylic acids is 1. The third-order valence-electron chi connectivity index (χ3n) is 9.40. The Morgan fingerprint density at radius 1 is 0.597 bits per heavy atom. The minimum absolute atomic E-state index is 0.000743. The number of hydrogen-bond donors (Lipinski definition) is 10. The van der Waals surface area contributed by atoms with Gasteiger partial charge in [0.05, 0.1) is 40.4 Å². The van der Waals surface area contributed by atoms with Crippen molar-refractivity contribution in [2.75, 3.05) is 33.6 Å². The predicted octanol–water partition coefficient (Wildman–Crippen LogP) is 5.24. The fourth-order valence-electron chi connectivity index (χ4n) is 6.20. The number of nitrogens with zero attached hydrogens (tertiary/aromatic N) is 1. The lowest BCUT2D eigenvalue weighted by Crippen LogP contribution is -2.56. The van der Waals surface area contributed by atoms with E-state index in [1.165, 1.54) is 103 Å². The summed E-state index contributed by atoms with van der Waals surface area (Å²) in [7, 11) is 1.12. The fraction of sp³-hybridized carbons (Fsp3) is 0.196. The summed E-state index contributed by atoms with van der Waals surface area (Å²) in [6.07, 6.45) is -2.52. The molecule has 5 rings (SSSR count). The number of carboxylic acids is 1. The van der Waals surface area contributed by atoms with E-state index in [9.17, 15) is 43.8 Å². The van der Waals surface area contributed by atoms with Crippen LogP contribution < -0.4 is 47.0 Å². The number of phenolic OH excluding ortho intramolecular Hbond substituents is 1. The Balaban J connectivity index is 1.27. The maximum absolute atomic E-state index is 13.6. The molecule has 5 aromatic carbocycles. The largest absolute Gasteiger partial charge is 0.504 e. The monoisotopic (exact) mass is 921 g/mol. The van der Waals surface area contributed by atoms with Gasteiger partial charge in [-0.15, -0.1) is 5.23 Å². The van der Waals surface area contributed by atoms with Crippen LogP contribution >= 0.6 is 0 Å². The van der Waals surface area contributed by atoms with Crippen LogP contribution in [0.1, 0.15) is 79.5 Å². The average molecular weight is 922 g/mol. The topological polar surface area (TPSA) is 318 Å². The van der Waals surface area contributed by atoms with E-state index < -0.39 is 65.4 Å². The van der Waals surface area contributed by atoms with E-state index in [1.54, 1.807) is 27.7 Å². The Labute approximate surface area is 382 Å². The smallest absolute Gasteiger partial charge is 0.335 e. The Morgan fingerprint density at radius 3 is 1.61 bits per heavy atom. The second kappa shape index (κ2) is 21.9. The molecular weight excluding hydrogens is 875 g/mol. The molecule has 21 heteroatoms. The van der Waals surface area contributed by atoms with Crippen molar-refractivity contribution in [1.82, 2.24) is 5.32 Å². The number of carboxylic acid groups (broad SMARTS) is 1. The van der Waals surface area contributed by atoms with Gasteiger partial charge >= 0.3 is 5.97 Å². The van der Waals surface area contributed by atoms with E-state index >= 15 is 0 Å². The lowest BCUT2D eigenvalue weighted by molar-refractivity contribution is -0.134.